The molecule has 0 atom stereocenters. The number of aromatic nitrogens is 1. The van der Waals surface area contributed by atoms with Crippen LogP contribution in [-0.2, 0) is 11.2 Å². The molecule has 0 aliphatic rings. The van der Waals surface area contributed by atoms with Crippen LogP contribution in [0.1, 0.15) is 11.1 Å². The monoisotopic (exact) mass is 290 g/mol. The molecule has 0 saturated heterocycles. The summed E-state index contributed by atoms with van der Waals surface area (Å²) in [6.07, 6.45) is 8.62. The molecule has 2 aromatic rings. The molecular weight excluding hydrogens is 276 g/mol. The molecule has 0 amide bonds. The van der Waals surface area contributed by atoms with Crippen molar-refractivity contribution in [3.05, 3.63) is 78.0 Å². The number of nitrogens with zero attached hydrogens (tertiary/aromatic N) is 2. The first-order chi connectivity index (χ1) is 10.7. The first kappa shape index (κ1) is 15.2. The first-order valence-electron chi connectivity index (χ1n) is 6.70. The number of pyridine rings is 1. The van der Waals surface area contributed by atoms with Crippen LogP contribution in [0.2, 0.25) is 0 Å². The van der Waals surface area contributed by atoms with E-state index in [1.54, 1.807) is 24.4 Å². The van der Waals surface area contributed by atoms with E-state index in [1.807, 2.05) is 30.3 Å². The van der Waals surface area contributed by atoms with E-state index in [0.717, 1.165) is 22.9 Å². The number of allylic oxidation sites excluding steroid dienone is 3. The average Bonchev–Trinajstić information content (AvgIpc) is 2.55. The summed E-state index contributed by atoms with van der Waals surface area (Å²) < 4.78 is 0. The summed E-state index contributed by atoms with van der Waals surface area (Å²) in [6.45, 7) is 0. The Morgan fingerprint density at radius 1 is 1.18 bits per heavy atom. The van der Waals surface area contributed by atoms with Crippen molar-refractivity contribution in [2.45, 2.75) is 6.42 Å². The maximum Gasteiger partial charge on any atom is 0.328 e. The van der Waals surface area contributed by atoms with E-state index >= 15 is 0 Å². The summed E-state index contributed by atoms with van der Waals surface area (Å²) in [5.41, 5.74) is 3.48. The molecule has 0 fully saturated rings. The maximum atomic E-state index is 10.3. The molecule has 2 rings (SSSR count). The second kappa shape index (κ2) is 7.55. The van der Waals surface area contributed by atoms with Crippen molar-refractivity contribution in [3.8, 4) is 17.3 Å². The van der Waals surface area contributed by atoms with Crippen LogP contribution in [0.4, 0.5) is 0 Å². The maximum absolute atomic E-state index is 10.3. The fourth-order valence-corrected chi connectivity index (χ4v) is 1.85. The lowest BCUT2D eigenvalue weighted by Gasteiger charge is -2.02. The molecule has 0 spiro atoms. The van der Waals surface area contributed by atoms with Gasteiger partial charge < -0.3 is 5.11 Å². The zero-order valence-corrected chi connectivity index (χ0v) is 11.8. The Bertz CT molecular complexity index is 736. The highest BCUT2D eigenvalue weighted by Gasteiger charge is 1.99. The van der Waals surface area contributed by atoms with E-state index in [4.69, 9.17) is 10.4 Å². The van der Waals surface area contributed by atoms with Gasteiger partial charge in [-0.05, 0) is 30.2 Å². The van der Waals surface area contributed by atoms with Crippen LogP contribution in [-0.4, -0.2) is 16.1 Å². The lowest BCUT2D eigenvalue weighted by molar-refractivity contribution is -0.131. The minimum absolute atomic E-state index is 0.625. The highest BCUT2D eigenvalue weighted by molar-refractivity contribution is 5.80. The zero-order chi connectivity index (χ0) is 15.8. The van der Waals surface area contributed by atoms with E-state index in [-0.39, 0.29) is 0 Å². The topological polar surface area (TPSA) is 74.0 Å². The molecule has 0 saturated carbocycles. The van der Waals surface area contributed by atoms with Crippen molar-refractivity contribution in [2.75, 3.05) is 0 Å². The van der Waals surface area contributed by atoms with E-state index in [1.165, 1.54) is 6.08 Å². The number of rotatable bonds is 5. The van der Waals surface area contributed by atoms with Gasteiger partial charge in [0.1, 0.15) is 0 Å². The summed E-state index contributed by atoms with van der Waals surface area (Å²) >= 11 is 0. The van der Waals surface area contributed by atoms with E-state index in [2.05, 4.69) is 11.1 Å². The second-order valence-corrected chi connectivity index (χ2v) is 4.57. The smallest absolute Gasteiger partial charge is 0.328 e. The van der Waals surface area contributed by atoms with Crippen molar-refractivity contribution < 1.29 is 9.90 Å². The van der Waals surface area contributed by atoms with Crippen LogP contribution in [0.5, 0.6) is 0 Å². The number of carbonyl (C=O) groups is 1. The van der Waals surface area contributed by atoms with Crippen LogP contribution >= 0.6 is 0 Å². The fourth-order valence-electron chi connectivity index (χ4n) is 1.85. The Morgan fingerprint density at radius 2 is 1.95 bits per heavy atom. The summed E-state index contributed by atoms with van der Waals surface area (Å²) in [5.74, 6) is -0.960. The molecule has 0 unspecified atom stereocenters. The predicted molar refractivity (Wildman–Crippen MR) is 84.0 cm³/mol. The number of aliphatic carboxylic acids is 1. The quantitative estimate of drug-likeness (QED) is 0.677. The third-order valence-corrected chi connectivity index (χ3v) is 2.97. The molecular formula is C18H14N2O2. The molecule has 108 valence electrons. The third-order valence-electron chi connectivity index (χ3n) is 2.97. The number of carboxylic acids is 1. The summed E-state index contributed by atoms with van der Waals surface area (Å²) in [7, 11) is 0. The summed E-state index contributed by atoms with van der Waals surface area (Å²) in [6, 6.07) is 13.3. The molecule has 4 nitrogen and oxygen atoms in total. The third kappa shape index (κ3) is 4.43. The standard InChI is InChI=1S/C18H14N2O2/c19-12-14-6-9-16(10-7-14)17-11-8-15(13-20-17)4-2-1-3-5-18(21)22/h1-3,5-11,13H,4H2,(H,21,22). The van der Waals surface area contributed by atoms with Gasteiger partial charge in [0.05, 0.1) is 17.3 Å². The van der Waals surface area contributed by atoms with Gasteiger partial charge in [0.25, 0.3) is 0 Å². The van der Waals surface area contributed by atoms with Crippen LogP contribution < -0.4 is 0 Å². The number of hydrogen-bond acceptors (Lipinski definition) is 3. The molecule has 22 heavy (non-hydrogen) atoms. The molecule has 0 bridgehead atoms. The molecule has 4 heteroatoms. The zero-order valence-electron chi connectivity index (χ0n) is 11.8. The minimum atomic E-state index is -0.960. The lowest BCUT2D eigenvalue weighted by atomic mass is 10.1. The van der Waals surface area contributed by atoms with Gasteiger partial charge in [-0.2, -0.15) is 5.26 Å². The van der Waals surface area contributed by atoms with E-state index in [0.29, 0.717) is 12.0 Å². The highest BCUT2D eigenvalue weighted by Crippen LogP contribution is 2.17. The van der Waals surface area contributed by atoms with Gasteiger partial charge in [-0.25, -0.2) is 4.79 Å². The van der Waals surface area contributed by atoms with Crippen LogP contribution in [0.25, 0.3) is 11.3 Å². The Kier molecular flexibility index (Phi) is 5.22. The van der Waals surface area contributed by atoms with Gasteiger partial charge in [0.2, 0.25) is 0 Å². The minimum Gasteiger partial charge on any atom is -0.478 e. The molecule has 1 heterocycles. The van der Waals surface area contributed by atoms with Crippen LogP contribution in [0.3, 0.4) is 0 Å². The van der Waals surface area contributed by atoms with E-state index in [9.17, 15) is 4.79 Å². The average molecular weight is 290 g/mol. The van der Waals surface area contributed by atoms with Crippen molar-refractivity contribution >= 4 is 5.97 Å². The van der Waals surface area contributed by atoms with Gasteiger partial charge in [-0.3, -0.25) is 4.98 Å². The molecule has 0 radical (unpaired) electrons. The molecule has 0 aliphatic heterocycles. The first-order valence-corrected chi connectivity index (χ1v) is 6.70. The van der Waals surface area contributed by atoms with Crippen LogP contribution in [0, 0.1) is 11.3 Å². The summed E-state index contributed by atoms with van der Waals surface area (Å²) in [4.78, 5) is 14.7. The Balaban J connectivity index is 2.00. The van der Waals surface area contributed by atoms with Gasteiger partial charge >= 0.3 is 5.97 Å². The van der Waals surface area contributed by atoms with Crippen molar-refractivity contribution in [2.24, 2.45) is 0 Å². The second-order valence-electron chi connectivity index (χ2n) is 4.57. The Hall–Kier alpha value is -3.19. The number of nitriles is 1. The number of benzene rings is 1. The van der Waals surface area contributed by atoms with Crippen LogP contribution in [0.15, 0.2) is 66.9 Å². The largest absolute Gasteiger partial charge is 0.478 e. The molecule has 1 aromatic heterocycles. The van der Waals surface area contributed by atoms with Crippen molar-refractivity contribution in [1.29, 1.82) is 5.26 Å². The number of carboxylic acid groups (broad SMARTS) is 1. The van der Waals surface area contributed by atoms with Crippen molar-refractivity contribution in [1.82, 2.24) is 4.98 Å². The van der Waals surface area contributed by atoms with E-state index < -0.39 is 5.97 Å². The van der Waals surface area contributed by atoms with Gasteiger partial charge in [0.15, 0.2) is 0 Å². The normalized spacial score (nSPS) is 10.9. The van der Waals surface area contributed by atoms with Gasteiger partial charge in [-0.15, -0.1) is 0 Å². The van der Waals surface area contributed by atoms with Gasteiger partial charge in [0, 0.05) is 17.8 Å². The lowest BCUT2D eigenvalue weighted by Crippen LogP contribution is -1.87. The Morgan fingerprint density at radius 3 is 2.55 bits per heavy atom. The summed E-state index contributed by atoms with van der Waals surface area (Å²) in [5, 5.41) is 17.2. The molecule has 0 aliphatic carbocycles. The predicted octanol–water partition coefficient (Wildman–Crippen LogP) is 3.36. The highest BCUT2D eigenvalue weighted by atomic mass is 16.4. The molecule has 1 N–H and O–H groups in total. The number of hydrogen-bond donors (Lipinski definition) is 1. The Labute approximate surface area is 128 Å². The SMILES string of the molecule is N#Cc1ccc(-c2ccc(CC=CC=CC(=O)O)cn2)cc1. The van der Waals surface area contributed by atoms with Gasteiger partial charge in [-0.1, -0.05) is 36.4 Å². The van der Waals surface area contributed by atoms with Crippen molar-refractivity contribution in [3.63, 3.8) is 0 Å². The molecule has 1 aromatic carbocycles. The fraction of sp³-hybridized carbons (Fsp3) is 0.0556.